The number of aliphatic hydroxyl groups excluding tert-OH is 1. The van der Waals surface area contributed by atoms with E-state index in [1.54, 1.807) is 0 Å². The van der Waals surface area contributed by atoms with E-state index in [1.807, 2.05) is 0 Å². The van der Waals surface area contributed by atoms with Gasteiger partial charge < -0.3 is 14.7 Å². The average Bonchev–Trinajstić information content (AvgIpc) is 2.83. The molecule has 1 aromatic carbocycles. The summed E-state index contributed by atoms with van der Waals surface area (Å²) in [5.74, 6) is 1.05. The Bertz CT molecular complexity index is 429. The fraction of sp³-hybridized carbons (Fsp3) is 0.625. The molecule has 1 aliphatic heterocycles. The van der Waals surface area contributed by atoms with Gasteiger partial charge in [-0.1, -0.05) is 12.1 Å². The first-order valence-electron chi connectivity index (χ1n) is 7.09. The van der Waals surface area contributed by atoms with E-state index in [0.29, 0.717) is 0 Å². The fourth-order valence-corrected chi connectivity index (χ4v) is 2.46. The van der Waals surface area contributed by atoms with Crippen molar-refractivity contribution in [2.75, 3.05) is 26.8 Å². The summed E-state index contributed by atoms with van der Waals surface area (Å²) in [6, 6.07) is 6.53. The van der Waals surface area contributed by atoms with Crippen molar-refractivity contribution >= 4 is 0 Å². The van der Waals surface area contributed by atoms with Crippen molar-refractivity contribution in [3.8, 4) is 5.75 Å². The number of benzene rings is 1. The third kappa shape index (κ3) is 3.48. The molecule has 0 unspecified atom stereocenters. The highest BCUT2D eigenvalue weighted by atomic mass is 16.5. The van der Waals surface area contributed by atoms with Crippen molar-refractivity contribution in [3.63, 3.8) is 0 Å². The number of likely N-dealkylation sites (N-methyl/N-ethyl adjacent to an activating group) is 1. The standard InChI is InChI=1S/C16H25NO2/c1-16(2,8-10-18)17(3)9-6-13-4-5-15-14(12-13)7-11-19-15/h4-5,12,18H,6-11H2,1-3H3. The van der Waals surface area contributed by atoms with Gasteiger partial charge in [0.25, 0.3) is 0 Å². The maximum Gasteiger partial charge on any atom is 0.122 e. The first-order valence-corrected chi connectivity index (χ1v) is 7.09. The van der Waals surface area contributed by atoms with Crippen LogP contribution in [0.2, 0.25) is 0 Å². The summed E-state index contributed by atoms with van der Waals surface area (Å²) in [7, 11) is 2.13. The smallest absolute Gasteiger partial charge is 0.122 e. The predicted octanol–water partition coefficient (Wildman–Crippen LogP) is 2.26. The number of nitrogens with zero attached hydrogens (tertiary/aromatic N) is 1. The maximum absolute atomic E-state index is 9.10. The van der Waals surface area contributed by atoms with Crippen molar-refractivity contribution in [2.45, 2.75) is 38.6 Å². The molecule has 0 fully saturated rings. The van der Waals surface area contributed by atoms with E-state index >= 15 is 0 Å². The van der Waals surface area contributed by atoms with E-state index in [1.165, 1.54) is 11.1 Å². The van der Waals surface area contributed by atoms with Crippen LogP contribution >= 0.6 is 0 Å². The van der Waals surface area contributed by atoms with Gasteiger partial charge in [-0.05, 0) is 50.9 Å². The minimum Gasteiger partial charge on any atom is -0.493 e. The Morgan fingerprint density at radius 1 is 1.37 bits per heavy atom. The lowest BCUT2D eigenvalue weighted by Crippen LogP contribution is -2.42. The molecule has 0 amide bonds. The van der Waals surface area contributed by atoms with Crippen molar-refractivity contribution in [2.24, 2.45) is 0 Å². The SMILES string of the molecule is CN(CCc1ccc2c(c1)CCO2)C(C)(C)CCO. The van der Waals surface area contributed by atoms with Crippen molar-refractivity contribution < 1.29 is 9.84 Å². The quantitative estimate of drug-likeness (QED) is 0.854. The number of aliphatic hydroxyl groups is 1. The van der Waals surface area contributed by atoms with Gasteiger partial charge in [0.2, 0.25) is 0 Å². The molecular formula is C16H25NO2. The minimum atomic E-state index is 0.0502. The van der Waals surface area contributed by atoms with Crippen LogP contribution in [0.1, 0.15) is 31.4 Å². The summed E-state index contributed by atoms with van der Waals surface area (Å²) >= 11 is 0. The van der Waals surface area contributed by atoms with Crippen molar-refractivity contribution in [3.05, 3.63) is 29.3 Å². The summed E-state index contributed by atoms with van der Waals surface area (Å²) in [5.41, 5.74) is 2.76. The summed E-state index contributed by atoms with van der Waals surface area (Å²) in [4.78, 5) is 2.33. The zero-order valence-electron chi connectivity index (χ0n) is 12.3. The number of rotatable bonds is 6. The second-order valence-corrected chi connectivity index (χ2v) is 6.00. The van der Waals surface area contributed by atoms with E-state index in [-0.39, 0.29) is 12.1 Å². The molecule has 1 aliphatic rings. The molecule has 0 atom stereocenters. The van der Waals surface area contributed by atoms with E-state index in [2.05, 4.69) is 44.0 Å². The molecular weight excluding hydrogens is 238 g/mol. The number of hydrogen-bond donors (Lipinski definition) is 1. The highest BCUT2D eigenvalue weighted by molar-refractivity contribution is 5.39. The molecule has 1 heterocycles. The van der Waals surface area contributed by atoms with Gasteiger partial charge in [0.1, 0.15) is 5.75 Å². The molecule has 1 N–H and O–H groups in total. The first kappa shape index (κ1) is 14.4. The number of hydrogen-bond acceptors (Lipinski definition) is 3. The molecule has 0 saturated carbocycles. The second kappa shape index (κ2) is 5.93. The Morgan fingerprint density at radius 2 is 2.16 bits per heavy atom. The average molecular weight is 263 g/mol. The normalized spacial score (nSPS) is 14.6. The molecule has 3 heteroatoms. The lowest BCUT2D eigenvalue weighted by Gasteiger charge is -2.35. The molecule has 0 aliphatic carbocycles. The van der Waals surface area contributed by atoms with Gasteiger partial charge in [0.15, 0.2) is 0 Å². The van der Waals surface area contributed by atoms with Crippen molar-refractivity contribution in [1.29, 1.82) is 0 Å². The molecule has 2 rings (SSSR count). The van der Waals surface area contributed by atoms with Crippen LogP contribution in [0.25, 0.3) is 0 Å². The molecule has 0 aromatic heterocycles. The molecule has 0 spiro atoms. The van der Waals surface area contributed by atoms with Gasteiger partial charge in [-0.2, -0.15) is 0 Å². The fourth-order valence-electron chi connectivity index (χ4n) is 2.46. The Morgan fingerprint density at radius 3 is 2.89 bits per heavy atom. The second-order valence-electron chi connectivity index (χ2n) is 6.00. The topological polar surface area (TPSA) is 32.7 Å². The molecule has 19 heavy (non-hydrogen) atoms. The zero-order valence-corrected chi connectivity index (χ0v) is 12.3. The Hall–Kier alpha value is -1.06. The summed E-state index contributed by atoms with van der Waals surface area (Å²) in [5, 5.41) is 9.10. The first-order chi connectivity index (χ1) is 9.03. The lowest BCUT2D eigenvalue weighted by atomic mass is 9.98. The number of ether oxygens (including phenoxy) is 1. The Kier molecular flexibility index (Phi) is 4.48. The summed E-state index contributed by atoms with van der Waals surface area (Å²) < 4.78 is 5.53. The largest absolute Gasteiger partial charge is 0.493 e. The van der Waals surface area contributed by atoms with Crippen LogP contribution in [0.15, 0.2) is 18.2 Å². The monoisotopic (exact) mass is 263 g/mol. The third-order valence-corrected chi connectivity index (χ3v) is 4.25. The van der Waals surface area contributed by atoms with Crippen LogP contribution in [0.4, 0.5) is 0 Å². The Labute approximate surface area is 116 Å². The Balaban J connectivity index is 1.92. The van der Waals surface area contributed by atoms with Crippen LogP contribution in [-0.2, 0) is 12.8 Å². The number of fused-ring (bicyclic) bond motifs is 1. The van der Waals surface area contributed by atoms with Gasteiger partial charge in [0, 0.05) is 25.1 Å². The molecule has 1 aromatic rings. The highest BCUT2D eigenvalue weighted by Gasteiger charge is 2.22. The predicted molar refractivity (Wildman–Crippen MR) is 77.8 cm³/mol. The van der Waals surface area contributed by atoms with E-state index in [0.717, 1.165) is 38.2 Å². The highest BCUT2D eigenvalue weighted by Crippen LogP contribution is 2.26. The van der Waals surface area contributed by atoms with Gasteiger partial charge in [0.05, 0.1) is 6.61 Å². The zero-order chi connectivity index (χ0) is 13.9. The van der Waals surface area contributed by atoms with Crippen LogP contribution in [0, 0.1) is 0 Å². The molecule has 0 saturated heterocycles. The van der Waals surface area contributed by atoms with Crippen molar-refractivity contribution in [1.82, 2.24) is 4.90 Å². The third-order valence-electron chi connectivity index (χ3n) is 4.25. The van der Waals surface area contributed by atoms with Crippen LogP contribution in [-0.4, -0.2) is 42.4 Å². The van der Waals surface area contributed by atoms with Gasteiger partial charge in [-0.15, -0.1) is 0 Å². The van der Waals surface area contributed by atoms with E-state index in [4.69, 9.17) is 9.84 Å². The lowest BCUT2D eigenvalue weighted by molar-refractivity contribution is 0.118. The maximum atomic E-state index is 9.10. The molecule has 0 radical (unpaired) electrons. The van der Waals surface area contributed by atoms with Gasteiger partial charge in [-0.25, -0.2) is 0 Å². The minimum absolute atomic E-state index is 0.0502. The molecule has 106 valence electrons. The summed E-state index contributed by atoms with van der Waals surface area (Å²) in [6.45, 7) is 6.43. The van der Waals surface area contributed by atoms with Gasteiger partial charge in [-0.3, -0.25) is 0 Å². The van der Waals surface area contributed by atoms with Gasteiger partial charge >= 0.3 is 0 Å². The van der Waals surface area contributed by atoms with Crippen LogP contribution < -0.4 is 4.74 Å². The van der Waals surface area contributed by atoms with E-state index < -0.39 is 0 Å². The van der Waals surface area contributed by atoms with Crippen LogP contribution in [0.3, 0.4) is 0 Å². The van der Waals surface area contributed by atoms with E-state index in [9.17, 15) is 0 Å². The molecule has 3 nitrogen and oxygen atoms in total. The molecule has 0 bridgehead atoms. The summed E-state index contributed by atoms with van der Waals surface area (Å²) in [6.07, 6.45) is 2.88. The van der Waals surface area contributed by atoms with Crippen LogP contribution in [0.5, 0.6) is 5.75 Å².